The maximum atomic E-state index is 6.17. The molecule has 0 saturated heterocycles. The maximum absolute atomic E-state index is 6.17. The van der Waals surface area contributed by atoms with Crippen LogP contribution in [0.1, 0.15) is 17.2 Å². The molecule has 0 bridgehead atoms. The quantitative estimate of drug-likeness (QED) is 0.868. The second-order valence-electron chi connectivity index (χ2n) is 4.61. The number of rotatable bonds is 5. The summed E-state index contributed by atoms with van der Waals surface area (Å²) >= 11 is 12.0. The zero-order chi connectivity index (χ0) is 14.5. The van der Waals surface area contributed by atoms with Crippen molar-refractivity contribution in [3.63, 3.8) is 0 Å². The lowest BCUT2D eigenvalue weighted by atomic mass is 10.1. The molecule has 2 rings (SSSR count). The maximum Gasteiger partial charge on any atom is 0.119 e. The van der Waals surface area contributed by atoms with Gasteiger partial charge in [-0.2, -0.15) is 0 Å². The molecule has 4 heteroatoms. The van der Waals surface area contributed by atoms with E-state index in [2.05, 4.69) is 11.4 Å². The van der Waals surface area contributed by atoms with Crippen LogP contribution in [0.3, 0.4) is 0 Å². The van der Waals surface area contributed by atoms with Gasteiger partial charge in [0.15, 0.2) is 0 Å². The molecule has 0 radical (unpaired) electrons. The Balaban J connectivity index is 2.05. The number of likely N-dealkylation sites (N-methyl/N-ethyl adjacent to an activating group) is 1. The van der Waals surface area contributed by atoms with Crippen LogP contribution in [0, 0.1) is 6.92 Å². The molecule has 1 unspecified atom stereocenters. The fraction of sp³-hybridized carbons (Fsp3) is 0.250. The molecule has 106 valence electrons. The normalized spacial score (nSPS) is 12.2. The minimum atomic E-state index is 0.0868. The van der Waals surface area contributed by atoms with Crippen LogP contribution in [0.15, 0.2) is 42.5 Å². The van der Waals surface area contributed by atoms with E-state index >= 15 is 0 Å². The van der Waals surface area contributed by atoms with Gasteiger partial charge in [-0.15, -0.1) is 0 Å². The summed E-state index contributed by atoms with van der Waals surface area (Å²) < 4.78 is 5.77. The molecule has 1 atom stereocenters. The van der Waals surface area contributed by atoms with Crippen LogP contribution in [0.4, 0.5) is 0 Å². The van der Waals surface area contributed by atoms with Crippen LogP contribution >= 0.6 is 23.2 Å². The van der Waals surface area contributed by atoms with Crippen molar-refractivity contribution in [1.29, 1.82) is 0 Å². The van der Waals surface area contributed by atoms with Crippen LogP contribution in [-0.2, 0) is 0 Å². The van der Waals surface area contributed by atoms with Gasteiger partial charge in [0.25, 0.3) is 0 Å². The van der Waals surface area contributed by atoms with Gasteiger partial charge in [-0.25, -0.2) is 0 Å². The summed E-state index contributed by atoms with van der Waals surface area (Å²) in [6.07, 6.45) is 0. The molecule has 0 heterocycles. The van der Waals surface area contributed by atoms with Gasteiger partial charge >= 0.3 is 0 Å². The summed E-state index contributed by atoms with van der Waals surface area (Å²) in [7, 11) is 1.91. The molecule has 20 heavy (non-hydrogen) atoms. The van der Waals surface area contributed by atoms with E-state index < -0.39 is 0 Å². The lowest BCUT2D eigenvalue weighted by molar-refractivity contribution is 0.273. The summed E-state index contributed by atoms with van der Waals surface area (Å²) in [4.78, 5) is 0. The van der Waals surface area contributed by atoms with E-state index in [1.165, 1.54) is 0 Å². The molecule has 2 aromatic rings. The highest BCUT2D eigenvalue weighted by molar-refractivity contribution is 6.31. The van der Waals surface area contributed by atoms with Gasteiger partial charge in [0, 0.05) is 10.0 Å². The average molecular weight is 310 g/mol. The minimum Gasteiger partial charge on any atom is -0.492 e. The van der Waals surface area contributed by atoms with E-state index in [0.717, 1.165) is 21.9 Å². The van der Waals surface area contributed by atoms with Crippen molar-refractivity contribution < 1.29 is 4.74 Å². The molecule has 0 saturated carbocycles. The van der Waals surface area contributed by atoms with Crippen LogP contribution < -0.4 is 10.1 Å². The molecule has 0 aliphatic rings. The van der Waals surface area contributed by atoms with Crippen molar-refractivity contribution in [3.8, 4) is 5.75 Å². The fourth-order valence-electron chi connectivity index (χ4n) is 1.88. The Kier molecular flexibility index (Phi) is 5.30. The largest absolute Gasteiger partial charge is 0.492 e. The van der Waals surface area contributed by atoms with Gasteiger partial charge in [-0.1, -0.05) is 35.3 Å². The summed E-state index contributed by atoms with van der Waals surface area (Å²) in [6, 6.07) is 13.5. The van der Waals surface area contributed by atoms with Crippen molar-refractivity contribution >= 4 is 23.2 Å². The van der Waals surface area contributed by atoms with Crippen LogP contribution in [-0.4, -0.2) is 13.7 Å². The highest BCUT2D eigenvalue weighted by Gasteiger charge is 2.11. The topological polar surface area (TPSA) is 21.3 Å². The number of hydrogen-bond acceptors (Lipinski definition) is 2. The van der Waals surface area contributed by atoms with E-state index in [-0.39, 0.29) is 6.04 Å². The third-order valence-electron chi connectivity index (χ3n) is 3.18. The number of benzene rings is 2. The zero-order valence-electron chi connectivity index (χ0n) is 11.5. The Labute approximate surface area is 129 Å². The molecule has 0 spiro atoms. The van der Waals surface area contributed by atoms with E-state index in [0.29, 0.717) is 11.6 Å². The summed E-state index contributed by atoms with van der Waals surface area (Å²) in [5, 5.41) is 4.71. The molecule has 0 aliphatic carbocycles. The van der Waals surface area contributed by atoms with Gasteiger partial charge in [0.2, 0.25) is 0 Å². The fourth-order valence-corrected chi connectivity index (χ4v) is 2.20. The van der Waals surface area contributed by atoms with Gasteiger partial charge in [-0.3, -0.25) is 0 Å². The van der Waals surface area contributed by atoms with E-state index in [1.54, 1.807) is 0 Å². The van der Waals surface area contributed by atoms with Crippen molar-refractivity contribution in [1.82, 2.24) is 5.32 Å². The van der Waals surface area contributed by atoms with Crippen molar-refractivity contribution in [2.24, 2.45) is 0 Å². The molecular weight excluding hydrogens is 293 g/mol. The Morgan fingerprint density at radius 3 is 2.40 bits per heavy atom. The number of hydrogen-bond donors (Lipinski definition) is 1. The number of nitrogens with one attached hydrogen (secondary N) is 1. The van der Waals surface area contributed by atoms with Crippen LogP contribution in [0.25, 0.3) is 0 Å². The van der Waals surface area contributed by atoms with Crippen molar-refractivity contribution in [2.45, 2.75) is 13.0 Å². The lowest BCUT2D eigenvalue weighted by Crippen LogP contribution is -2.23. The first-order valence-electron chi connectivity index (χ1n) is 6.42. The van der Waals surface area contributed by atoms with Crippen LogP contribution in [0.2, 0.25) is 10.0 Å². The summed E-state index contributed by atoms with van der Waals surface area (Å²) in [5.74, 6) is 0.799. The lowest BCUT2D eigenvalue weighted by Gasteiger charge is -2.18. The first-order valence-corrected chi connectivity index (χ1v) is 7.17. The van der Waals surface area contributed by atoms with E-state index in [9.17, 15) is 0 Å². The van der Waals surface area contributed by atoms with E-state index in [4.69, 9.17) is 27.9 Å². The molecule has 0 aromatic heterocycles. The second-order valence-corrected chi connectivity index (χ2v) is 5.46. The number of ether oxygens (including phenoxy) is 1. The molecule has 0 amide bonds. The van der Waals surface area contributed by atoms with Gasteiger partial charge < -0.3 is 10.1 Å². The Morgan fingerprint density at radius 2 is 1.80 bits per heavy atom. The predicted octanol–water partition coefficient (Wildman–Crippen LogP) is 4.64. The minimum absolute atomic E-state index is 0.0868. The smallest absolute Gasteiger partial charge is 0.119 e. The molecule has 2 nitrogen and oxygen atoms in total. The summed E-state index contributed by atoms with van der Waals surface area (Å²) in [5.41, 5.74) is 2.18. The number of aryl methyl sites for hydroxylation is 1. The first kappa shape index (κ1) is 15.2. The standard InChI is InChI=1S/C16H17Cl2NO/c1-11-3-4-12(9-15(11)18)16(19-2)10-20-14-7-5-13(17)6-8-14/h3-9,16,19H,10H2,1-2H3. The van der Waals surface area contributed by atoms with Crippen molar-refractivity contribution in [2.75, 3.05) is 13.7 Å². The Bertz CT molecular complexity index is 569. The zero-order valence-corrected chi connectivity index (χ0v) is 13.0. The third-order valence-corrected chi connectivity index (χ3v) is 3.84. The molecular formula is C16H17Cl2NO. The van der Waals surface area contributed by atoms with Crippen LogP contribution in [0.5, 0.6) is 5.75 Å². The SMILES string of the molecule is CNC(COc1ccc(Cl)cc1)c1ccc(C)c(Cl)c1. The molecule has 2 aromatic carbocycles. The average Bonchev–Trinajstić information content (AvgIpc) is 2.45. The van der Waals surface area contributed by atoms with Gasteiger partial charge in [-0.05, 0) is 55.4 Å². The highest BCUT2D eigenvalue weighted by atomic mass is 35.5. The van der Waals surface area contributed by atoms with Crippen molar-refractivity contribution in [3.05, 3.63) is 63.6 Å². The Hall–Kier alpha value is -1.22. The third kappa shape index (κ3) is 3.89. The first-order chi connectivity index (χ1) is 9.60. The second kappa shape index (κ2) is 6.98. The predicted molar refractivity (Wildman–Crippen MR) is 84.9 cm³/mol. The summed E-state index contributed by atoms with van der Waals surface area (Å²) in [6.45, 7) is 2.52. The van der Waals surface area contributed by atoms with Gasteiger partial charge in [0.05, 0.1) is 6.04 Å². The van der Waals surface area contributed by atoms with E-state index in [1.807, 2.05) is 50.4 Å². The monoisotopic (exact) mass is 309 g/mol. The van der Waals surface area contributed by atoms with Gasteiger partial charge in [0.1, 0.15) is 12.4 Å². The highest BCUT2D eigenvalue weighted by Crippen LogP contribution is 2.23. The molecule has 0 aliphatic heterocycles. The molecule has 1 N–H and O–H groups in total. The number of halogens is 2. The Morgan fingerprint density at radius 1 is 1.10 bits per heavy atom. The molecule has 0 fully saturated rings.